The quantitative estimate of drug-likeness (QED) is 0.778. The average Bonchev–Trinajstić information content (AvgIpc) is 2.39. The van der Waals surface area contributed by atoms with Crippen LogP contribution >= 0.6 is 0 Å². The van der Waals surface area contributed by atoms with Gasteiger partial charge in [0.05, 0.1) is 0 Å². The summed E-state index contributed by atoms with van der Waals surface area (Å²) in [5.74, 6) is 0.676. The molecule has 1 aromatic carbocycles. The summed E-state index contributed by atoms with van der Waals surface area (Å²) in [6.07, 6.45) is 2.39. The summed E-state index contributed by atoms with van der Waals surface area (Å²) >= 11 is 0. The third kappa shape index (κ3) is 4.07. The first kappa shape index (κ1) is 16.2. The molecule has 1 rings (SSSR count). The van der Waals surface area contributed by atoms with Gasteiger partial charge >= 0.3 is 0 Å². The van der Waals surface area contributed by atoms with Crippen LogP contribution in [0.2, 0.25) is 0 Å². The topological polar surface area (TPSA) is 12.0 Å². The van der Waals surface area contributed by atoms with Gasteiger partial charge < -0.3 is 5.32 Å². The Balaban J connectivity index is 3.09. The number of nitrogens with one attached hydrogen (secondary N) is 1. The lowest BCUT2D eigenvalue weighted by Crippen LogP contribution is -2.48. The maximum absolute atomic E-state index is 3.73. The van der Waals surface area contributed by atoms with Gasteiger partial charge in [0.25, 0.3) is 0 Å². The summed E-state index contributed by atoms with van der Waals surface area (Å²) in [6.45, 7) is 14.8. The molecule has 0 amide bonds. The van der Waals surface area contributed by atoms with Gasteiger partial charge in [0.2, 0.25) is 0 Å². The van der Waals surface area contributed by atoms with Crippen molar-refractivity contribution < 1.29 is 0 Å². The smallest absolute Gasteiger partial charge is 0.0101 e. The minimum absolute atomic E-state index is 0.169. The minimum atomic E-state index is 0.169. The van der Waals surface area contributed by atoms with Crippen molar-refractivity contribution in [1.29, 1.82) is 0 Å². The molecule has 0 aliphatic heterocycles. The predicted molar refractivity (Wildman–Crippen MR) is 85.6 cm³/mol. The molecule has 108 valence electrons. The maximum Gasteiger partial charge on any atom is 0.0101 e. The highest BCUT2D eigenvalue weighted by Gasteiger charge is 2.35. The second-order valence-corrected chi connectivity index (χ2v) is 6.79. The molecular formula is C18H31N. The second kappa shape index (κ2) is 6.56. The van der Waals surface area contributed by atoms with E-state index in [0.29, 0.717) is 5.92 Å². The van der Waals surface area contributed by atoms with Gasteiger partial charge in [-0.3, -0.25) is 0 Å². The Bertz CT molecular complexity index is 363. The van der Waals surface area contributed by atoms with Gasteiger partial charge in [0.1, 0.15) is 0 Å². The average molecular weight is 261 g/mol. The molecule has 1 aromatic rings. The standard InChI is InChI=1S/C18H31N/c1-7-15(3)18(8-2,14-19-17(4,5)6)16-12-10-9-11-13-16/h9-13,15,19H,7-8,14H2,1-6H3. The molecule has 1 N–H and O–H groups in total. The first-order chi connectivity index (χ1) is 8.85. The molecule has 0 aliphatic carbocycles. The van der Waals surface area contributed by atoms with Gasteiger partial charge in [-0.15, -0.1) is 0 Å². The van der Waals surface area contributed by atoms with Crippen LogP contribution in [0.25, 0.3) is 0 Å². The largest absolute Gasteiger partial charge is 0.311 e. The summed E-state index contributed by atoms with van der Waals surface area (Å²) in [5.41, 5.74) is 1.88. The van der Waals surface area contributed by atoms with Gasteiger partial charge in [0.15, 0.2) is 0 Å². The van der Waals surface area contributed by atoms with Crippen LogP contribution in [0.5, 0.6) is 0 Å². The molecule has 1 nitrogen and oxygen atoms in total. The first-order valence-electron chi connectivity index (χ1n) is 7.66. The van der Waals surface area contributed by atoms with Crippen LogP contribution in [0.1, 0.15) is 59.9 Å². The van der Waals surface area contributed by atoms with E-state index in [9.17, 15) is 0 Å². The van der Waals surface area contributed by atoms with Crippen molar-refractivity contribution in [3.05, 3.63) is 35.9 Å². The zero-order valence-corrected chi connectivity index (χ0v) is 13.6. The van der Waals surface area contributed by atoms with E-state index in [1.54, 1.807) is 0 Å². The number of benzene rings is 1. The Morgan fingerprint density at radius 2 is 1.63 bits per heavy atom. The van der Waals surface area contributed by atoms with Gasteiger partial charge in [0, 0.05) is 17.5 Å². The van der Waals surface area contributed by atoms with Gasteiger partial charge in [-0.05, 0) is 38.7 Å². The van der Waals surface area contributed by atoms with Crippen LogP contribution in [0.15, 0.2) is 30.3 Å². The summed E-state index contributed by atoms with van der Waals surface area (Å²) in [6, 6.07) is 11.0. The molecule has 2 atom stereocenters. The van der Waals surface area contributed by atoms with Crippen molar-refractivity contribution in [1.82, 2.24) is 5.32 Å². The molecule has 0 aliphatic rings. The predicted octanol–water partition coefficient (Wildman–Crippen LogP) is 4.77. The molecule has 0 saturated heterocycles. The summed E-state index contributed by atoms with van der Waals surface area (Å²) in [5, 5.41) is 3.73. The van der Waals surface area contributed by atoms with E-state index in [0.717, 1.165) is 6.54 Å². The van der Waals surface area contributed by atoms with Crippen LogP contribution in [-0.4, -0.2) is 12.1 Å². The Hall–Kier alpha value is -0.820. The first-order valence-corrected chi connectivity index (χ1v) is 7.66. The molecular weight excluding hydrogens is 230 g/mol. The van der Waals surface area contributed by atoms with E-state index in [1.807, 2.05) is 0 Å². The molecule has 19 heavy (non-hydrogen) atoms. The van der Waals surface area contributed by atoms with Crippen molar-refractivity contribution in [2.45, 2.75) is 65.3 Å². The second-order valence-electron chi connectivity index (χ2n) is 6.79. The van der Waals surface area contributed by atoms with E-state index in [4.69, 9.17) is 0 Å². The molecule has 0 saturated carbocycles. The third-order valence-corrected chi connectivity index (χ3v) is 4.47. The highest BCUT2D eigenvalue weighted by atomic mass is 15.0. The third-order valence-electron chi connectivity index (χ3n) is 4.47. The summed E-state index contributed by atoms with van der Waals surface area (Å²) in [4.78, 5) is 0. The fourth-order valence-electron chi connectivity index (χ4n) is 2.82. The molecule has 1 heteroatoms. The Morgan fingerprint density at radius 1 is 1.05 bits per heavy atom. The number of hydrogen-bond acceptors (Lipinski definition) is 1. The SMILES string of the molecule is CCC(C)C(CC)(CNC(C)(C)C)c1ccccc1. The molecule has 0 radical (unpaired) electrons. The lowest BCUT2D eigenvalue weighted by atomic mass is 9.67. The highest BCUT2D eigenvalue weighted by molar-refractivity contribution is 5.27. The Kier molecular flexibility index (Phi) is 5.61. The van der Waals surface area contributed by atoms with Gasteiger partial charge in [-0.25, -0.2) is 0 Å². The van der Waals surface area contributed by atoms with Crippen LogP contribution in [-0.2, 0) is 5.41 Å². The van der Waals surface area contributed by atoms with E-state index in [-0.39, 0.29) is 11.0 Å². The number of rotatable bonds is 6. The molecule has 0 aromatic heterocycles. The van der Waals surface area contributed by atoms with Crippen molar-refractivity contribution in [2.75, 3.05) is 6.54 Å². The van der Waals surface area contributed by atoms with Crippen molar-refractivity contribution in [2.24, 2.45) is 5.92 Å². The van der Waals surface area contributed by atoms with E-state index >= 15 is 0 Å². The molecule has 0 fully saturated rings. The molecule has 0 heterocycles. The Labute approximate surface area is 119 Å². The molecule has 2 unspecified atom stereocenters. The van der Waals surface area contributed by atoms with Gasteiger partial charge in [-0.1, -0.05) is 57.5 Å². The van der Waals surface area contributed by atoms with Crippen molar-refractivity contribution in [3.8, 4) is 0 Å². The van der Waals surface area contributed by atoms with Crippen LogP contribution in [0.3, 0.4) is 0 Å². The lowest BCUT2D eigenvalue weighted by Gasteiger charge is -2.41. The van der Waals surface area contributed by atoms with Crippen LogP contribution < -0.4 is 5.32 Å². The van der Waals surface area contributed by atoms with Crippen LogP contribution in [0, 0.1) is 5.92 Å². The van der Waals surface area contributed by atoms with E-state index < -0.39 is 0 Å². The van der Waals surface area contributed by atoms with Crippen LogP contribution in [0.4, 0.5) is 0 Å². The minimum Gasteiger partial charge on any atom is -0.311 e. The fourth-order valence-corrected chi connectivity index (χ4v) is 2.82. The van der Waals surface area contributed by atoms with E-state index in [2.05, 4.69) is 77.2 Å². The zero-order valence-electron chi connectivity index (χ0n) is 13.6. The van der Waals surface area contributed by atoms with Crippen molar-refractivity contribution in [3.63, 3.8) is 0 Å². The summed E-state index contributed by atoms with van der Waals surface area (Å²) in [7, 11) is 0. The van der Waals surface area contributed by atoms with Crippen molar-refractivity contribution >= 4 is 0 Å². The fraction of sp³-hybridized carbons (Fsp3) is 0.667. The van der Waals surface area contributed by atoms with Gasteiger partial charge in [-0.2, -0.15) is 0 Å². The molecule has 0 bridgehead atoms. The lowest BCUT2D eigenvalue weighted by molar-refractivity contribution is 0.232. The Morgan fingerprint density at radius 3 is 2.05 bits per heavy atom. The number of hydrogen-bond donors (Lipinski definition) is 1. The normalized spacial score (nSPS) is 16.9. The summed E-state index contributed by atoms with van der Waals surface area (Å²) < 4.78 is 0. The zero-order chi connectivity index (χ0) is 14.5. The maximum atomic E-state index is 3.73. The van der Waals surface area contributed by atoms with E-state index in [1.165, 1.54) is 18.4 Å². The molecule has 0 spiro atoms. The monoisotopic (exact) mass is 261 g/mol. The highest BCUT2D eigenvalue weighted by Crippen LogP contribution is 2.37.